The summed E-state index contributed by atoms with van der Waals surface area (Å²) in [6, 6.07) is 9.20. The van der Waals surface area contributed by atoms with E-state index < -0.39 is 0 Å². The van der Waals surface area contributed by atoms with Gasteiger partial charge in [-0.15, -0.1) is 0 Å². The van der Waals surface area contributed by atoms with Gasteiger partial charge in [0.2, 0.25) is 0 Å². The standard InChI is InChI=1S/C19H20N4O/c1-2-15-13-10-6-7-11-14(13)16-17(20-15)22-23-18(16)21-19(24)12-8-4-3-5-9-12/h3-5,8-9H,2,6-7,10-11H2,1H3,(H2,20,21,22,23,24). The molecule has 122 valence electrons. The number of aryl methyl sites for hydroxylation is 2. The Labute approximate surface area is 140 Å². The van der Waals surface area contributed by atoms with Gasteiger partial charge >= 0.3 is 0 Å². The van der Waals surface area contributed by atoms with Crippen LogP contribution in [0.2, 0.25) is 0 Å². The van der Waals surface area contributed by atoms with E-state index in [0.29, 0.717) is 11.4 Å². The summed E-state index contributed by atoms with van der Waals surface area (Å²) in [5, 5.41) is 11.2. The van der Waals surface area contributed by atoms with E-state index in [4.69, 9.17) is 4.98 Å². The molecule has 4 rings (SSSR count). The van der Waals surface area contributed by atoms with Crippen LogP contribution in [-0.4, -0.2) is 21.1 Å². The molecule has 0 aliphatic heterocycles. The smallest absolute Gasteiger partial charge is 0.256 e. The van der Waals surface area contributed by atoms with Crippen LogP contribution in [-0.2, 0) is 19.3 Å². The molecule has 0 saturated heterocycles. The zero-order chi connectivity index (χ0) is 16.5. The third-order valence-corrected chi connectivity index (χ3v) is 4.71. The Bertz CT molecular complexity index is 899. The lowest BCUT2D eigenvalue weighted by molar-refractivity contribution is 0.102. The number of fused-ring (bicyclic) bond motifs is 3. The van der Waals surface area contributed by atoms with Crippen LogP contribution in [0, 0.1) is 0 Å². The van der Waals surface area contributed by atoms with Crippen molar-refractivity contribution in [3.63, 3.8) is 0 Å². The summed E-state index contributed by atoms with van der Waals surface area (Å²) in [5.41, 5.74) is 5.21. The highest BCUT2D eigenvalue weighted by molar-refractivity contribution is 6.08. The molecule has 0 fully saturated rings. The molecule has 0 spiro atoms. The molecule has 0 radical (unpaired) electrons. The van der Waals surface area contributed by atoms with Crippen molar-refractivity contribution in [1.29, 1.82) is 0 Å². The van der Waals surface area contributed by atoms with Crippen molar-refractivity contribution < 1.29 is 4.79 Å². The predicted molar refractivity (Wildman–Crippen MR) is 94.3 cm³/mol. The third-order valence-electron chi connectivity index (χ3n) is 4.71. The fourth-order valence-corrected chi connectivity index (χ4v) is 3.55. The van der Waals surface area contributed by atoms with Gasteiger partial charge in [-0.1, -0.05) is 25.1 Å². The number of carbonyl (C=O) groups is 1. The van der Waals surface area contributed by atoms with Gasteiger partial charge in [0.15, 0.2) is 11.5 Å². The molecule has 2 N–H and O–H groups in total. The maximum absolute atomic E-state index is 12.5. The summed E-state index contributed by atoms with van der Waals surface area (Å²) >= 11 is 0. The maximum atomic E-state index is 12.5. The Balaban J connectivity index is 1.78. The molecule has 1 aliphatic rings. The van der Waals surface area contributed by atoms with Crippen molar-refractivity contribution in [1.82, 2.24) is 15.2 Å². The molecule has 5 nitrogen and oxygen atoms in total. The van der Waals surface area contributed by atoms with Crippen LogP contribution in [0.25, 0.3) is 11.0 Å². The average molecular weight is 320 g/mol. The Kier molecular flexibility index (Phi) is 3.76. The van der Waals surface area contributed by atoms with Crippen LogP contribution < -0.4 is 5.32 Å². The van der Waals surface area contributed by atoms with Crippen LogP contribution in [0.3, 0.4) is 0 Å². The van der Waals surface area contributed by atoms with Gasteiger partial charge in [-0.2, -0.15) is 5.10 Å². The normalized spacial score (nSPS) is 13.7. The SMILES string of the molecule is CCc1nc2[nH]nc(NC(=O)c3ccccc3)c2c2c1CCCC2. The van der Waals surface area contributed by atoms with E-state index in [1.807, 2.05) is 18.2 Å². The molecule has 0 saturated carbocycles. The Hall–Kier alpha value is -2.69. The first kappa shape index (κ1) is 14.9. The van der Waals surface area contributed by atoms with Gasteiger partial charge in [0.05, 0.1) is 5.39 Å². The van der Waals surface area contributed by atoms with Crippen molar-refractivity contribution in [3.05, 3.63) is 52.7 Å². The number of amides is 1. The highest BCUT2D eigenvalue weighted by Gasteiger charge is 2.22. The van der Waals surface area contributed by atoms with E-state index in [0.717, 1.165) is 36.0 Å². The van der Waals surface area contributed by atoms with Gasteiger partial charge < -0.3 is 5.32 Å². The summed E-state index contributed by atoms with van der Waals surface area (Å²) in [7, 11) is 0. The number of rotatable bonds is 3. The highest BCUT2D eigenvalue weighted by Crippen LogP contribution is 2.33. The number of anilines is 1. The molecule has 24 heavy (non-hydrogen) atoms. The Morgan fingerprint density at radius 1 is 1.17 bits per heavy atom. The van der Waals surface area contributed by atoms with Crippen LogP contribution in [0.4, 0.5) is 5.82 Å². The number of nitrogens with zero attached hydrogens (tertiary/aromatic N) is 2. The van der Waals surface area contributed by atoms with Crippen molar-refractivity contribution in [2.45, 2.75) is 39.0 Å². The van der Waals surface area contributed by atoms with E-state index in [1.165, 1.54) is 24.0 Å². The molecule has 0 unspecified atom stereocenters. The number of nitrogens with one attached hydrogen (secondary N) is 2. The van der Waals surface area contributed by atoms with Crippen LogP contribution in [0.15, 0.2) is 30.3 Å². The number of hydrogen-bond donors (Lipinski definition) is 2. The van der Waals surface area contributed by atoms with Crippen molar-refractivity contribution in [2.24, 2.45) is 0 Å². The fourth-order valence-electron chi connectivity index (χ4n) is 3.55. The molecule has 3 aromatic rings. The molecular formula is C19H20N4O. The lowest BCUT2D eigenvalue weighted by Crippen LogP contribution is -2.14. The Morgan fingerprint density at radius 3 is 2.67 bits per heavy atom. The van der Waals surface area contributed by atoms with Crippen LogP contribution >= 0.6 is 0 Å². The van der Waals surface area contributed by atoms with Gasteiger partial charge in [-0.3, -0.25) is 9.89 Å². The summed E-state index contributed by atoms with van der Waals surface area (Å²) in [6.45, 7) is 2.14. The molecule has 2 heterocycles. The van der Waals surface area contributed by atoms with Crippen molar-refractivity contribution >= 4 is 22.8 Å². The summed E-state index contributed by atoms with van der Waals surface area (Å²) < 4.78 is 0. The van der Waals surface area contributed by atoms with Gasteiger partial charge in [0.1, 0.15) is 0 Å². The lowest BCUT2D eigenvalue weighted by atomic mass is 9.88. The molecule has 0 atom stereocenters. The number of aromatic amines is 1. The van der Waals surface area contributed by atoms with E-state index in [-0.39, 0.29) is 5.91 Å². The van der Waals surface area contributed by atoms with Crippen molar-refractivity contribution in [3.8, 4) is 0 Å². The highest BCUT2D eigenvalue weighted by atomic mass is 16.1. The van der Waals surface area contributed by atoms with Gasteiger partial charge in [-0.25, -0.2) is 4.98 Å². The monoisotopic (exact) mass is 320 g/mol. The zero-order valence-corrected chi connectivity index (χ0v) is 13.7. The van der Waals surface area contributed by atoms with Gasteiger partial charge in [0.25, 0.3) is 5.91 Å². The quantitative estimate of drug-likeness (QED) is 0.774. The second kappa shape index (κ2) is 6.07. The average Bonchev–Trinajstić information content (AvgIpc) is 3.04. The minimum Gasteiger partial charge on any atom is -0.304 e. The number of pyridine rings is 1. The number of aromatic nitrogens is 3. The van der Waals surface area contributed by atoms with E-state index in [2.05, 4.69) is 22.4 Å². The predicted octanol–water partition coefficient (Wildman–Crippen LogP) is 3.65. The number of benzene rings is 1. The summed E-state index contributed by atoms with van der Waals surface area (Å²) in [4.78, 5) is 17.2. The largest absolute Gasteiger partial charge is 0.304 e. The van der Waals surface area contributed by atoms with Gasteiger partial charge in [-0.05, 0) is 55.4 Å². The third kappa shape index (κ3) is 2.46. The Morgan fingerprint density at radius 2 is 1.92 bits per heavy atom. The molecule has 5 heteroatoms. The van der Waals surface area contributed by atoms with E-state index in [1.54, 1.807) is 12.1 Å². The lowest BCUT2D eigenvalue weighted by Gasteiger charge is -2.19. The molecular weight excluding hydrogens is 300 g/mol. The number of H-pyrrole nitrogens is 1. The summed E-state index contributed by atoms with van der Waals surface area (Å²) in [5.74, 6) is 0.445. The molecule has 1 aliphatic carbocycles. The first-order valence-corrected chi connectivity index (χ1v) is 8.53. The first-order valence-electron chi connectivity index (χ1n) is 8.53. The molecule has 1 aromatic carbocycles. The topological polar surface area (TPSA) is 70.7 Å². The molecule has 2 aromatic heterocycles. The van der Waals surface area contributed by atoms with Crippen molar-refractivity contribution in [2.75, 3.05) is 5.32 Å². The fraction of sp³-hybridized carbons (Fsp3) is 0.316. The second-order valence-corrected chi connectivity index (χ2v) is 6.19. The number of carbonyl (C=O) groups excluding carboxylic acids is 1. The minimum atomic E-state index is -0.145. The first-order chi connectivity index (χ1) is 11.8. The van der Waals surface area contributed by atoms with Gasteiger partial charge in [0, 0.05) is 11.3 Å². The minimum absolute atomic E-state index is 0.145. The maximum Gasteiger partial charge on any atom is 0.256 e. The summed E-state index contributed by atoms with van der Waals surface area (Å²) in [6.07, 6.45) is 5.39. The second-order valence-electron chi connectivity index (χ2n) is 6.19. The molecule has 1 amide bonds. The van der Waals surface area contributed by atoms with Crippen LogP contribution in [0.1, 0.15) is 46.9 Å². The molecule has 0 bridgehead atoms. The van der Waals surface area contributed by atoms with Crippen LogP contribution in [0.5, 0.6) is 0 Å². The zero-order valence-electron chi connectivity index (χ0n) is 13.7. The van der Waals surface area contributed by atoms with E-state index in [9.17, 15) is 4.79 Å². The number of hydrogen-bond acceptors (Lipinski definition) is 3. The van der Waals surface area contributed by atoms with E-state index >= 15 is 0 Å².